The summed E-state index contributed by atoms with van der Waals surface area (Å²) in [5.41, 5.74) is 1.48. The molecule has 8 nitrogen and oxygen atoms in total. The van der Waals surface area contributed by atoms with Gasteiger partial charge in [0.25, 0.3) is 11.6 Å². The van der Waals surface area contributed by atoms with Crippen LogP contribution >= 0.6 is 23.4 Å². The van der Waals surface area contributed by atoms with Crippen molar-refractivity contribution in [1.82, 2.24) is 20.1 Å². The van der Waals surface area contributed by atoms with Gasteiger partial charge in [-0.3, -0.25) is 14.9 Å². The first-order valence-corrected chi connectivity index (χ1v) is 10.7. The number of halogens is 1. The minimum atomic E-state index is -0.427. The van der Waals surface area contributed by atoms with Gasteiger partial charge in [0, 0.05) is 35.0 Å². The summed E-state index contributed by atoms with van der Waals surface area (Å²) in [6.07, 6.45) is 1.73. The van der Waals surface area contributed by atoms with E-state index >= 15 is 0 Å². The van der Waals surface area contributed by atoms with Crippen LogP contribution in [0.1, 0.15) is 34.7 Å². The Morgan fingerprint density at radius 1 is 1.26 bits per heavy atom. The van der Waals surface area contributed by atoms with Crippen molar-refractivity contribution >= 4 is 35.0 Å². The number of thioether (sulfide) groups is 1. The number of carbonyl (C=O) groups is 1. The number of non-ortho nitro benzene ring substituents is 1. The minimum Gasteiger partial charge on any atom is -0.342 e. The van der Waals surface area contributed by atoms with Gasteiger partial charge in [0.2, 0.25) is 0 Å². The van der Waals surface area contributed by atoms with Crippen molar-refractivity contribution in [2.75, 3.05) is 0 Å². The monoisotopic (exact) mass is 457 g/mol. The summed E-state index contributed by atoms with van der Waals surface area (Å²) in [6, 6.07) is 12.6. The van der Waals surface area contributed by atoms with Crippen molar-refractivity contribution < 1.29 is 9.72 Å². The van der Waals surface area contributed by atoms with Crippen LogP contribution < -0.4 is 5.32 Å². The van der Waals surface area contributed by atoms with Crippen LogP contribution in [-0.4, -0.2) is 25.6 Å². The first kappa shape index (κ1) is 22.5. The summed E-state index contributed by atoms with van der Waals surface area (Å²) >= 11 is 7.33. The van der Waals surface area contributed by atoms with Crippen LogP contribution in [0.2, 0.25) is 5.02 Å². The molecule has 0 aliphatic carbocycles. The molecule has 1 heterocycles. The van der Waals surface area contributed by atoms with Crippen molar-refractivity contribution in [2.45, 2.75) is 30.4 Å². The third-order valence-corrected chi connectivity index (χ3v) is 5.70. The fraction of sp³-hybridized carbons (Fsp3) is 0.190. The molecule has 1 atom stereocenters. The van der Waals surface area contributed by atoms with Crippen LogP contribution in [0.5, 0.6) is 0 Å². The average molecular weight is 458 g/mol. The SMILES string of the molecule is C=CCn1c(SCc2ccc([N+](=O)[O-])cc2)nnc1[C@@H](C)NC(=O)c1ccc(Cl)cc1. The van der Waals surface area contributed by atoms with Crippen LogP contribution in [-0.2, 0) is 12.3 Å². The van der Waals surface area contributed by atoms with E-state index in [-0.39, 0.29) is 17.6 Å². The van der Waals surface area contributed by atoms with E-state index in [4.69, 9.17) is 11.6 Å². The number of benzene rings is 2. The van der Waals surface area contributed by atoms with Crippen molar-refractivity contribution in [3.63, 3.8) is 0 Å². The Labute approximate surface area is 188 Å². The van der Waals surface area contributed by atoms with Crippen molar-refractivity contribution in [1.29, 1.82) is 0 Å². The van der Waals surface area contributed by atoms with Gasteiger partial charge in [0.05, 0.1) is 11.0 Å². The zero-order valence-electron chi connectivity index (χ0n) is 16.7. The molecular weight excluding hydrogens is 438 g/mol. The average Bonchev–Trinajstić information content (AvgIpc) is 3.16. The van der Waals surface area contributed by atoms with E-state index < -0.39 is 4.92 Å². The lowest BCUT2D eigenvalue weighted by atomic mass is 10.2. The van der Waals surface area contributed by atoms with Gasteiger partial charge in [0.1, 0.15) is 0 Å². The van der Waals surface area contributed by atoms with Crippen LogP contribution in [0.4, 0.5) is 5.69 Å². The van der Waals surface area contributed by atoms with Crippen LogP contribution in [0.3, 0.4) is 0 Å². The highest BCUT2D eigenvalue weighted by Crippen LogP contribution is 2.25. The van der Waals surface area contributed by atoms with Gasteiger partial charge in [0.15, 0.2) is 11.0 Å². The number of hydrogen-bond acceptors (Lipinski definition) is 6. The lowest BCUT2D eigenvalue weighted by Gasteiger charge is -2.15. The number of aromatic nitrogens is 3. The molecule has 0 aliphatic rings. The summed E-state index contributed by atoms with van der Waals surface area (Å²) in [6.45, 7) is 6.10. The number of amides is 1. The largest absolute Gasteiger partial charge is 0.342 e. The highest BCUT2D eigenvalue weighted by Gasteiger charge is 2.20. The molecule has 1 amide bonds. The summed E-state index contributed by atoms with van der Waals surface area (Å²) in [7, 11) is 0. The summed E-state index contributed by atoms with van der Waals surface area (Å²) in [5.74, 6) is 0.935. The molecule has 0 fully saturated rings. The Morgan fingerprint density at radius 2 is 1.94 bits per heavy atom. The number of nitro benzene ring substituents is 1. The van der Waals surface area contributed by atoms with Crippen LogP contribution in [0.15, 0.2) is 66.3 Å². The van der Waals surface area contributed by atoms with Crippen molar-refractivity contribution in [2.24, 2.45) is 0 Å². The molecule has 0 saturated heterocycles. The molecule has 0 unspecified atom stereocenters. The predicted molar refractivity (Wildman–Crippen MR) is 120 cm³/mol. The molecule has 3 aromatic rings. The minimum absolute atomic E-state index is 0.0520. The van der Waals surface area contributed by atoms with Gasteiger partial charge >= 0.3 is 0 Å². The summed E-state index contributed by atoms with van der Waals surface area (Å²) < 4.78 is 1.88. The number of nitrogens with one attached hydrogen (secondary N) is 1. The van der Waals surface area contributed by atoms with Gasteiger partial charge in [-0.15, -0.1) is 16.8 Å². The normalized spacial score (nSPS) is 11.7. The molecule has 0 radical (unpaired) electrons. The molecule has 0 aliphatic heterocycles. The number of carbonyl (C=O) groups excluding carboxylic acids is 1. The van der Waals surface area contributed by atoms with E-state index in [0.717, 1.165) is 5.56 Å². The molecule has 0 spiro atoms. The quantitative estimate of drug-likeness (QED) is 0.214. The van der Waals surface area contributed by atoms with Crippen LogP contribution in [0.25, 0.3) is 0 Å². The zero-order valence-corrected chi connectivity index (χ0v) is 18.3. The lowest BCUT2D eigenvalue weighted by Crippen LogP contribution is -2.28. The molecule has 31 heavy (non-hydrogen) atoms. The molecule has 0 saturated carbocycles. The third-order valence-electron chi connectivity index (χ3n) is 4.41. The van der Waals surface area contributed by atoms with Crippen molar-refractivity contribution in [3.8, 4) is 0 Å². The fourth-order valence-electron chi connectivity index (χ4n) is 2.84. The third kappa shape index (κ3) is 5.71. The van der Waals surface area contributed by atoms with E-state index in [1.807, 2.05) is 11.5 Å². The first-order chi connectivity index (χ1) is 14.9. The van der Waals surface area contributed by atoms with E-state index in [0.29, 0.717) is 33.9 Å². The van der Waals surface area contributed by atoms with Gasteiger partial charge in [-0.25, -0.2) is 0 Å². The zero-order chi connectivity index (χ0) is 22.4. The standard InChI is InChI=1S/C21H20ClN5O3S/c1-3-12-26-19(14(2)23-20(28)16-6-8-17(22)9-7-16)24-25-21(26)31-13-15-4-10-18(11-5-15)27(29)30/h3-11,14H,1,12-13H2,2H3,(H,23,28)/t14-/m1/s1. The highest BCUT2D eigenvalue weighted by atomic mass is 35.5. The second-order valence-corrected chi connectivity index (χ2v) is 8.03. The van der Waals surface area contributed by atoms with Gasteiger partial charge < -0.3 is 9.88 Å². The fourth-order valence-corrected chi connectivity index (χ4v) is 3.87. The number of hydrogen-bond donors (Lipinski definition) is 1. The Bertz CT molecular complexity index is 1080. The summed E-state index contributed by atoms with van der Waals surface area (Å²) in [5, 5.41) is 23.5. The molecule has 160 valence electrons. The number of rotatable bonds is 9. The topological polar surface area (TPSA) is 103 Å². The Hall–Kier alpha value is -3.17. The van der Waals surface area contributed by atoms with E-state index in [1.54, 1.807) is 42.5 Å². The molecular formula is C21H20ClN5O3S. The van der Waals surface area contributed by atoms with Crippen LogP contribution in [0, 0.1) is 10.1 Å². The van der Waals surface area contributed by atoms with E-state index in [1.165, 1.54) is 23.9 Å². The molecule has 3 rings (SSSR count). The molecule has 2 aromatic carbocycles. The lowest BCUT2D eigenvalue weighted by molar-refractivity contribution is -0.384. The maximum Gasteiger partial charge on any atom is 0.269 e. The van der Waals surface area contributed by atoms with Crippen molar-refractivity contribution in [3.05, 3.63) is 93.3 Å². The highest BCUT2D eigenvalue weighted by molar-refractivity contribution is 7.98. The van der Waals surface area contributed by atoms with E-state index in [2.05, 4.69) is 22.1 Å². The van der Waals surface area contributed by atoms with E-state index in [9.17, 15) is 14.9 Å². The molecule has 1 aromatic heterocycles. The maximum absolute atomic E-state index is 12.5. The summed E-state index contributed by atoms with van der Waals surface area (Å²) in [4.78, 5) is 22.9. The number of nitro groups is 1. The Kier molecular flexibility index (Phi) is 7.43. The smallest absolute Gasteiger partial charge is 0.269 e. The number of allylic oxidation sites excluding steroid dienone is 1. The second-order valence-electron chi connectivity index (χ2n) is 6.65. The maximum atomic E-state index is 12.5. The van der Waals surface area contributed by atoms with Gasteiger partial charge in [-0.05, 0) is 36.8 Å². The predicted octanol–water partition coefficient (Wildman–Crippen LogP) is 4.81. The Morgan fingerprint density at radius 3 is 2.55 bits per heavy atom. The van der Waals surface area contributed by atoms with Gasteiger partial charge in [-0.1, -0.05) is 41.6 Å². The number of nitrogens with zero attached hydrogens (tertiary/aromatic N) is 4. The molecule has 1 N–H and O–H groups in total. The first-order valence-electron chi connectivity index (χ1n) is 9.35. The Balaban J connectivity index is 1.71. The molecule has 0 bridgehead atoms. The second kappa shape index (κ2) is 10.2. The molecule has 10 heteroatoms. The van der Waals surface area contributed by atoms with Gasteiger partial charge in [-0.2, -0.15) is 0 Å².